The van der Waals surface area contributed by atoms with Crippen LogP contribution in [0.1, 0.15) is 5.69 Å². The molecule has 2 rings (SSSR count). The van der Waals surface area contributed by atoms with E-state index in [9.17, 15) is 9.18 Å². The molecule has 0 aliphatic rings. The summed E-state index contributed by atoms with van der Waals surface area (Å²) in [7, 11) is 0. The molecule has 0 fully saturated rings. The smallest absolute Gasteiger partial charge is 0.251 e. The van der Waals surface area contributed by atoms with E-state index in [1.54, 1.807) is 0 Å². The molecular weight excluding hydrogens is 243 g/mol. The van der Waals surface area contributed by atoms with Crippen LogP contribution >= 0.6 is 12.2 Å². The van der Waals surface area contributed by atoms with Gasteiger partial charge in [-0.05, 0) is 36.5 Å². The summed E-state index contributed by atoms with van der Waals surface area (Å²) in [4.78, 5) is 16.3. The molecule has 0 amide bonds. The van der Waals surface area contributed by atoms with Crippen molar-refractivity contribution in [1.29, 1.82) is 0 Å². The summed E-state index contributed by atoms with van der Waals surface area (Å²) in [6.45, 7) is 0.166. The topological polar surface area (TPSA) is 57.9 Å². The zero-order valence-electron chi connectivity index (χ0n) is 8.70. The van der Waals surface area contributed by atoms with Crippen LogP contribution in [-0.2, 0) is 6.61 Å². The van der Waals surface area contributed by atoms with Crippen molar-refractivity contribution in [3.05, 3.63) is 57.0 Å². The van der Waals surface area contributed by atoms with Gasteiger partial charge in [-0.15, -0.1) is 0 Å². The van der Waals surface area contributed by atoms with Crippen LogP contribution in [-0.4, -0.2) is 9.97 Å². The summed E-state index contributed by atoms with van der Waals surface area (Å²) >= 11 is 4.82. The van der Waals surface area contributed by atoms with Crippen molar-refractivity contribution in [3.8, 4) is 5.75 Å². The maximum atomic E-state index is 12.6. The third-order valence-corrected chi connectivity index (χ3v) is 2.23. The molecule has 0 radical (unpaired) electrons. The van der Waals surface area contributed by atoms with Gasteiger partial charge in [0.1, 0.15) is 18.2 Å². The number of H-pyrrole nitrogens is 2. The van der Waals surface area contributed by atoms with Crippen molar-refractivity contribution < 1.29 is 9.13 Å². The minimum atomic E-state index is -0.326. The Bertz CT molecular complexity index is 590. The normalized spacial score (nSPS) is 10.2. The highest BCUT2D eigenvalue weighted by Crippen LogP contribution is 2.12. The number of ether oxygens (including phenoxy) is 1. The van der Waals surface area contributed by atoms with E-state index in [4.69, 9.17) is 17.0 Å². The Balaban J connectivity index is 2.09. The fourth-order valence-corrected chi connectivity index (χ4v) is 1.52. The van der Waals surface area contributed by atoms with Gasteiger partial charge in [0.2, 0.25) is 0 Å². The summed E-state index contributed by atoms with van der Waals surface area (Å²) in [6, 6.07) is 6.98. The molecule has 0 aliphatic carbocycles. The van der Waals surface area contributed by atoms with Gasteiger partial charge >= 0.3 is 0 Å². The van der Waals surface area contributed by atoms with E-state index in [0.717, 1.165) is 0 Å². The Morgan fingerprint density at radius 3 is 2.59 bits per heavy atom. The van der Waals surface area contributed by atoms with Gasteiger partial charge in [0, 0.05) is 6.07 Å². The largest absolute Gasteiger partial charge is 0.487 e. The zero-order chi connectivity index (χ0) is 12.3. The molecular formula is C11H9FN2O2S. The van der Waals surface area contributed by atoms with Crippen LogP contribution in [0.25, 0.3) is 0 Å². The average molecular weight is 252 g/mol. The lowest BCUT2D eigenvalue weighted by molar-refractivity contribution is 0.300. The van der Waals surface area contributed by atoms with Gasteiger partial charge in [-0.2, -0.15) is 0 Å². The lowest BCUT2D eigenvalue weighted by Crippen LogP contribution is -2.10. The minimum absolute atomic E-state index is 0.166. The predicted molar refractivity (Wildman–Crippen MR) is 63.0 cm³/mol. The second-order valence-corrected chi connectivity index (χ2v) is 3.76. The molecule has 17 heavy (non-hydrogen) atoms. The van der Waals surface area contributed by atoms with Crippen LogP contribution in [0.3, 0.4) is 0 Å². The first-order valence-electron chi connectivity index (χ1n) is 4.84. The van der Waals surface area contributed by atoms with Crippen LogP contribution in [0.2, 0.25) is 0 Å². The Kier molecular flexibility index (Phi) is 3.34. The first kappa shape index (κ1) is 11.5. The third-order valence-electron chi connectivity index (χ3n) is 2.02. The van der Waals surface area contributed by atoms with Gasteiger partial charge < -0.3 is 9.72 Å². The van der Waals surface area contributed by atoms with Gasteiger partial charge in [-0.1, -0.05) is 0 Å². The molecule has 0 unspecified atom stereocenters. The molecule has 0 saturated carbocycles. The highest BCUT2D eigenvalue weighted by Gasteiger charge is 1.98. The van der Waals surface area contributed by atoms with Crippen molar-refractivity contribution in [3.63, 3.8) is 0 Å². The van der Waals surface area contributed by atoms with Crippen molar-refractivity contribution in [1.82, 2.24) is 9.97 Å². The molecule has 6 heteroatoms. The lowest BCUT2D eigenvalue weighted by atomic mass is 10.3. The molecule has 0 aliphatic heterocycles. The second-order valence-electron chi connectivity index (χ2n) is 3.36. The second kappa shape index (κ2) is 4.92. The molecule has 4 nitrogen and oxygen atoms in total. The highest BCUT2D eigenvalue weighted by molar-refractivity contribution is 7.71. The molecule has 1 aromatic carbocycles. The van der Waals surface area contributed by atoms with Gasteiger partial charge in [0.25, 0.3) is 5.56 Å². The molecule has 2 N–H and O–H groups in total. The third kappa shape index (κ3) is 3.25. The van der Waals surface area contributed by atoms with Crippen molar-refractivity contribution in [2.45, 2.75) is 6.61 Å². The Morgan fingerprint density at radius 2 is 1.94 bits per heavy atom. The maximum absolute atomic E-state index is 12.6. The summed E-state index contributed by atoms with van der Waals surface area (Å²) in [5.41, 5.74) is 0.273. The Hall–Kier alpha value is -1.95. The van der Waals surface area contributed by atoms with Crippen LogP contribution in [0.5, 0.6) is 5.75 Å². The zero-order valence-corrected chi connectivity index (χ0v) is 9.51. The van der Waals surface area contributed by atoms with Crippen LogP contribution in [0, 0.1) is 10.6 Å². The molecule has 0 spiro atoms. The maximum Gasteiger partial charge on any atom is 0.251 e. The fourth-order valence-electron chi connectivity index (χ4n) is 1.29. The van der Waals surface area contributed by atoms with E-state index in [1.165, 1.54) is 30.3 Å². The Labute approximate surface area is 101 Å². The molecule has 1 aromatic heterocycles. The van der Waals surface area contributed by atoms with Gasteiger partial charge in [-0.3, -0.25) is 9.78 Å². The number of halogens is 1. The Morgan fingerprint density at radius 1 is 1.24 bits per heavy atom. The summed E-state index contributed by atoms with van der Waals surface area (Å²) in [5.74, 6) is 0.193. The SMILES string of the molecule is O=c1cc(COc2ccc(F)cc2)[nH]c(=S)[nH]1. The molecule has 1 heterocycles. The fraction of sp³-hybridized carbons (Fsp3) is 0.0909. The number of aromatic amines is 2. The van der Waals surface area contributed by atoms with Gasteiger partial charge in [0.15, 0.2) is 4.77 Å². The number of hydrogen-bond donors (Lipinski definition) is 2. The number of nitrogens with one attached hydrogen (secondary N) is 2. The van der Waals surface area contributed by atoms with E-state index in [1.807, 2.05) is 0 Å². The highest BCUT2D eigenvalue weighted by atomic mass is 32.1. The van der Waals surface area contributed by atoms with E-state index in [0.29, 0.717) is 11.4 Å². The monoisotopic (exact) mass is 252 g/mol. The summed E-state index contributed by atoms with van der Waals surface area (Å²) < 4.78 is 18.2. The van der Waals surface area contributed by atoms with Crippen molar-refractivity contribution >= 4 is 12.2 Å². The number of hydrogen-bond acceptors (Lipinski definition) is 3. The van der Waals surface area contributed by atoms with Crippen molar-refractivity contribution in [2.75, 3.05) is 0 Å². The summed E-state index contributed by atoms with van der Waals surface area (Å²) in [6.07, 6.45) is 0. The average Bonchev–Trinajstić information content (AvgIpc) is 2.27. The van der Waals surface area contributed by atoms with Crippen LogP contribution in [0.4, 0.5) is 4.39 Å². The van der Waals surface area contributed by atoms with E-state index < -0.39 is 0 Å². The number of rotatable bonds is 3. The number of aromatic nitrogens is 2. The van der Waals surface area contributed by atoms with Gasteiger partial charge in [0.05, 0.1) is 5.69 Å². The van der Waals surface area contributed by atoms with E-state index in [2.05, 4.69) is 9.97 Å². The van der Waals surface area contributed by atoms with Gasteiger partial charge in [-0.25, -0.2) is 4.39 Å². The van der Waals surface area contributed by atoms with E-state index >= 15 is 0 Å². The molecule has 0 saturated heterocycles. The molecule has 0 atom stereocenters. The summed E-state index contributed by atoms with van der Waals surface area (Å²) in [5, 5.41) is 0. The lowest BCUT2D eigenvalue weighted by Gasteiger charge is -2.05. The first-order chi connectivity index (χ1) is 8.13. The first-order valence-corrected chi connectivity index (χ1v) is 5.25. The molecule has 0 bridgehead atoms. The number of benzene rings is 1. The standard InChI is InChI=1S/C11H9FN2O2S/c12-7-1-3-9(4-2-7)16-6-8-5-10(15)14-11(17)13-8/h1-5H,6H2,(H2,13,14,15,17). The molecule has 2 aromatic rings. The molecule has 88 valence electrons. The quantitative estimate of drug-likeness (QED) is 0.823. The van der Waals surface area contributed by atoms with Crippen LogP contribution < -0.4 is 10.3 Å². The predicted octanol–water partition coefficient (Wildman–Crippen LogP) is 2.15. The van der Waals surface area contributed by atoms with E-state index in [-0.39, 0.29) is 22.8 Å². The van der Waals surface area contributed by atoms with Crippen LogP contribution in [0.15, 0.2) is 35.1 Å². The van der Waals surface area contributed by atoms with Crippen molar-refractivity contribution in [2.24, 2.45) is 0 Å². The minimum Gasteiger partial charge on any atom is -0.487 e.